The third kappa shape index (κ3) is 5.73. The van der Waals surface area contributed by atoms with Crippen molar-refractivity contribution in [2.24, 2.45) is 0 Å². The summed E-state index contributed by atoms with van der Waals surface area (Å²) in [6.45, 7) is 5.63. The summed E-state index contributed by atoms with van der Waals surface area (Å²) in [4.78, 5) is 27.3. The molecular weight excluding hydrogens is 467 g/mol. The summed E-state index contributed by atoms with van der Waals surface area (Å²) in [5.74, 6) is -0.176. The first kappa shape index (κ1) is 27.2. The summed E-state index contributed by atoms with van der Waals surface area (Å²) in [7, 11) is 1.57. The standard InChI is InChI=1S/C27H23FN2O3.C2H6.C2H2/c1-29-26(31)24-22-16-20(10-13-23(22)33-25(24)18-8-11-21(28)12-9-18)17-4-6-19(7-5-17)27(32)30-14-2-3-15-30;2*1-2/h4-13,16H,2-3,14-15H2,1H3,(H,29,31);1-2H3;1-2H. The van der Waals surface area contributed by atoms with Crippen LogP contribution in [0, 0.1) is 18.7 Å². The van der Waals surface area contributed by atoms with Crippen LogP contribution in [0.1, 0.15) is 47.4 Å². The number of nitrogens with one attached hydrogen (secondary N) is 1. The Kier molecular flexibility index (Phi) is 9.23. The number of hydrogen-bond acceptors (Lipinski definition) is 3. The van der Waals surface area contributed by atoms with Crippen molar-refractivity contribution in [3.8, 4) is 35.3 Å². The molecule has 6 heteroatoms. The van der Waals surface area contributed by atoms with E-state index in [0.29, 0.717) is 33.4 Å². The number of fused-ring (bicyclic) bond motifs is 1. The summed E-state index contributed by atoms with van der Waals surface area (Å²) in [6, 6.07) is 19.1. The average molecular weight is 499 g/mol. The average Bonchev–Trinajstić information content (AvgIpc) is 3.63. The van der Waals surface area contributed by atoms with E-state index in [-0.39, 0.29) is 17.6 Å². The van der Waals surface area contributed by atoms with Gasteiger partial charge < -0.3 is 14.6 Å². The fraction of sp³-hybridized carbons (Fsp3) is 0.226. The van der Waals surface area contributed by atoms with Crippen LogP contribution < -0.4 is 5.32 Å². The second kappa shape index (κ2) is 12.5. The predicted molar refractivity (Wildman–Crippen MR) is 147 cm³/mol. The molecule has 2 amide bonds. The van der Waals surface area contributed by atoms with Crippen LogP contribution in [0.5, 0.6) is 0 Å². The highest BCUT2D eigenvalue weighted by Gasteiger charge is 2.22. The third-order valence-electron chi connectivity index (χ3n) is 6.11. The van der Waals surface area contributed by atoms with Crippen LogP contribution in [-0.4, -0.2) is 36.9 Å². The number of nitrogens with zero attached hydrogens (tertiary/aromatic N) is 1. The van der Waals surface area contributed by atoms with E-state index in [1.807, 2.05) is 61.2 Å². The Balaban J connectivity index is 0.000000907. The van der Waals surface area contributed by atoms with E-state index >= 15 is 0 Å². The lowest BCUT2D eigenvalue weighted by molar-refractivity contribution is 0.0792. The summed E-state index contributed by atoms with van der Waals surface area (Å²) in [5.41, 5.74) is 4.10. The second-order valence-corrected chi connectivity index (χ2v) is 8.18. The minimum Gasteiger partial charge on any atom is -0.455 e. The fourth-order valence-electron chi connectivity index (χ4n) is 4.34. The van der Waals surface area contributed by atoms with Gasteiger partial charge in [-0.15, -0.1) is 12.8 Å². The SMILES string of the molecule is C#C.CC.CNC(=O)c1c(-c2ccc(F)cc2)oc2ccc(-c3ccc(C(=O)N4CCCC4)cc3)cc12. The van der Waals surface area contributed by atoms with Gasteiger partial charge >= 0.3 is 0 Å². The van der Waals surface area contributed by atoms with Crippen LogP contribution in [0.4, 0.5) is 4.39 Å². The molecule has 0 unspecified atom stereocenters. The number of carbonyl (C=O) groups is 2. The molecule has 1 aliphatic heterocycles. The molecule has 5 rings (SSSR count). The van der Waals surface area contributed by atoms with Crippen molar-refractivity contribution in [2.75, 3.05) is 20.1 Å². The number of halogens is 1. The van der Waals surface area contributed by atoms with Crippen LogP contribution in [0.15, 0.2) is 71.1 Å². The van der Waals surface area contributed by atoms with E-state index in [0.717, 1.165) is 37.1 Å². The zero-order valence-electron chi connectivity index (χ0n) is 21.4. The van der Waals surface area contributed by atoms with Crippen molar-refractivity contribution in [3.05, 3.63) is 83.7 Å². The van der Waals surface area contributed by atoms with E-state index in [1.165, 1.54) is 12.1 Å². The van der Waals surface area contributed by atoms with E-state index < -0.39 is 0 Å². The summed E-state index contributed by atoms with van der Waals surface area (Å²) in [5, 5.41) is 3.34. The van der Waals surface area contributed by atoms with Gasteiger partial charge in [0.25, 0.3) is 11.8 Å². The Bertz CT molecular complexity index is 1380. The van der Waals surface area contributed by atoms with E-state index in [9.17, 15) is 14.0 Å². The molecule has 1 fully saturated rings. The van der Waals surface area contributed by atoms with Crippen molar-refractivity contribution in [2.45, 2.75) is 26.7 Å². The van der Waals surface area contributed by atoms with Crippen LogP contribution in [-0.2, 0) is 0 Å². The van der Waals surface area contributed by atoms with Crippen molar-refractivity contribution in [1.29, 1.82) is 0 Å². The molecule has 1 aromatic heterocycles. The normalized spacial score (nSPS) is 12.2. The molecule has 0 saturated carbocycles. The summed E-state index contributed by atoms with van der Waals surface area (Å²) in [6.07, 6.45) is 10.1. The van der Waals surface area contributed by atoms with E-state index in [1.54, 1.807) is 19.2 Å². The molecule has 1 saturated heterocycles. The van der Waals surface area contributed by atoms with E-state index in [4.69, 9.17) is 4.42 Å². The van der Waals surface area contributed by atoms with Gasteiger partial charge in [-0.1, -0.05) is 32.0 Å². The zero-order valence-corrected chi connectivity index (χ0v) is 21.4. The van der Waals surface area contributed by atoms with Crippen LogP contribution in [0.25, 0.3) is 33.4 Å². The van der Waals surface area contributed by atoms with E-state index in [2.05, 4.69) is 18.2 Å². The number of amides is 2. The predicted octanol–water partition coefficient (Wildman–Crippen LogP) is 6.78. The third-order valence-corrected chi connectivity index (χ3v) is 6.11. The maximum absolute atomic E-state index is 13.4. The van der Waals surface area contributed by atoms with Crippen molar-refractivity contribution in [1.82, 2.24) is 10.2 Å². The molecule has 2 heterocycles. The molecule has 0 spiro atoms. The summed E-state index contributed by atoms with van der Waals surface area (Å²) >= 11 is 0. The lowest BCUT2D eigenvalue weighted by Gasteiger charge is -2.15. The molecule has 4 aromatic rings. The largest absolute Gasteiger partial charge is 0.455 e. The Morgan fingerprint density at radius 1 is 0.865 bits per heavy atom. The molecule has 0 bridgehead atoms. The molecule has 0 radical (unpaired) electrons. The minimum absolute atomic E-state index is 0.0650. The van der Waals surface area contributed by atoms with Gasteiger partial charge in [0.1, 0.15) is 17.2 Å². The Morgan fingerprint density at radius 2 is 1.43 bits per heavy atom. The number of terminal acetylenes is 1. The Morgan fingerprint density at radius 3 is 2.03 bits per heavy atom. The topological polar surface area (TPSA) is 62.6 Å². The molecule has 3 aromatic carbocycles. The maximum atomic E-state index is 13.4. The van der Waals surface area contributed by atoms with Crippen molar-refractivity contribution in [3.63, 3.8) is 0 Å². The maximum Gasteiger partial charge on any atom is 0.255 e. The lowest BCUT2D eigenvalue weighted by atomic mass is 9.99. The molecule has 190 valence electrons. The minimum atomic E-state index is -0.356. The molecule has 1 N–H and O–H groups in total. The number of benzene rings is 3. The van der Waals surface area contributed by atoms with Gasteiger partial charge in [0.05, 0.1) is 5.56 Å². The van der Waals surface area contributed by atoms with Gasteiger partial charge in [-0.3, -0.25) is 9.59 Å². The van der Waals surface area contributed by atoms with Crippen LogP contribution >= 0.6 is 0 Å². The zero-order chi connectivity index (χ0) is 26.9. The summed E-state index contributed by atoms with van der Waals surface area (Å²) < 4.78 is 19.4. The number of furan rings is 1. The molecule has 5 nitrogen and oxygen atoms in total. The number of carbonyl (C=O) groups excluding carboxylic acids is 2. The number of hydrogen-bond donors (Lipinski definition) is 1. The van der Waals surface area contributed by atoms with Crippen LogP contribution in [0.3, 0.4) is 0 Å². The highest BCUT2D eigenvalue weighted by molar-refractivity contribution is 6.11. The van der Waals surface area contributed by atoms with Crippen molar-refractivity contribution < 1.29 is 18.4 Å². The molecule has 0 aliphatic carbocycles. The monoisotopic (exact) mass is 498 g/mol. The quantitative estimate of drug-likeness (QED) is 0.316. The van der Waals surface area contributed by atoms with Crippen LogP contribution in [0.2, 0.25) is 0 Å². The highest BCUT2D eigenvalue weighted by atomic mass is 19.1. The van der Waals surface area contributed by atoms with Gasteiger partial charge in [-0.2, -0.15) is 0 Å². The molecule has 0 atom stereocenters. The molecule has 1 aliphatic rings. The van der Waals surface area contributed by atoms with Gasteiger partial charge in [-0.05, 0) is 72.5 Å². The first-order valence-electron chi connectivity index (χ1n) is 12.3. The number of rotatable bonds is 4. The molecular formula is C31H31FN2O3. The first-order chi connectivity index (χ1) is 18.0. The Hall–Kier alpha value is -4.37. The first-order valence-corrected chi connectivity index (χ1v) is 12.3. The van der Waals surface area contributed by atoms with Gasteiger partial charge in [0.2, 0.25) is 0 Å². The van der Waals surface area contributed by atoms with Crippen molar-refractivity contribution >= 4 is 22.8 Å². The lowest BCUT2D eigenvalue weighted by Crippen LogP contribution is -2.27. The fourth-order valence-corrected chi connectivity index (χ4v) is 4.34. The van der Waals surface area contributed by atoms with Gasteiger partial charge in [0, 0.05) is 36.7 Å². The Labute approximate surface area is 217 Å². The van der Waals surface area contributed by atoms with Gasteiger partial charge in [-0.25, -0.2) is 4.39 Å². The molecule has 37 heavy (non-hydrogen) atoms. The highest BCUT2D eigenvalue weighted by Crippen LogP contribution is 2.36. The smallest absolute Gasteiger partial charge is 0.255 e. The number of likely N-dealkylation sites (tertiary alicyclic amines) is 1. The second-order valence-electron chi connectivity index (χ2n) is 8.18. The van der Waals surface area contributed by atoms with Gasteiger partial charge in [0.15, 0.2) is 0 Å².